The summed E-state index contributed by atoms with van der Waals surface area (Å²) < 4.78 is 0. The van der Waals surface area contributed by atoms with Crippen molar-refractivity contribution < 1.29 is 9.59 Å². The van der Waals surface area contributed by atoms with Crippen LogP contribution in [0.2, 0.25) is 0 Å². The van der Waals surface area contributed by atoms with E-state index in [0.717, 1.165) is 25.9 Å². The van der Waals surface area contributed by atoms with Crippen LogP contribution in [0.15, 0.2) is 18.0 Å². The van der Waals surface area contributed by atoms with Gasteiger partial charge >= 0.3 is 6.03 Å². The zero-order valence-electron chi connectivity index (χ0n) is 11.9. The summed E-state index contributed by atoms with van der Waals surface area (Å²) in [6.07, 6.45) is 6.82. The Morgan fingerprint density at radius 2 is 2.00 bits per heavy atom. The zero-order valence-corrected chi connectivity index (χ0v) is 11.9. The molecule has 7 heteroatoms. The molecule has 0 atom stereocenters. The number of nitrogens with one attached hydrogen (secondary N) is 1. The lowest BCUT2D eigenvalue weighted by molar-refractivity contribution is -0.115. The fourth-order valence-corrected chi connectivity index (χ4v) is 2.50. The van der Waals surface area contributed by atoms with E-state index in [1.54, 1.807) is 25.4 Å². The smallest absolute Gasteiger partial charge is 0.328 e. The first-order chi connectivity index (χ1) is 10.1. The molecule has 0 aliphatic carbocycles. The number of likely N-dealkylation sites (N-methyl/N-ethyl adjacent to an activating group) is 1. The van der Waals surface area contributed by atoms with Gasteiger partial charge in [-0.1, -0.05) is 0 Å². The highest BCUT2D eigenvalue weighted by atomic mass is 16.2. The van der Waals surface area contributed by atoms with E-state index in [-0.39, 0.29) is 0 Å². The van der Waals surface area contributed by atoms with Crippen LogP contribution in [-0.4, -0.2) is 46.9 Å². The molecule has 3 rings (SSSR count). The standard InChI is InChI=1S/C14H17N5O2/c1-18-11(12(20)17-14(18)21)9-10-5-6-15-13(16-10)19-7-3-2-4-8-19/h5-6,9H,2-4,7-8H2,1H3,(H,17,20,21)/b11-9+. The fourth-order valence-electron chi connectivity index (χ4n) is 2.50. The first kappa shape index (κ1) is 13.5. The second kappa shape index (κ2) is 5.51. The molecule has 0 bridgehead atoms. The van der Waals surface area contributed by atoms with E-state index < -0.39 is 11.9 Å². The van der Waals surface area contributed by atoms with Crippen LogP contribution in [0.5, 0.6) is 0 Å². The maximum Gasteiger partial charge on any atom is 0.328 e. The van der Waals surface area contributed by atoms with Crippen LogP contribution < -0.4 is 10.2 Å². The van der Waals surface area contributed by atoms with Gasteiger partial charge in [0, 0.05) is 26.3 Å². The molecule has 2 fully saturated rings. The van der Waals surface area contributed by atoms with Crippen molar-refractivity contribution in [2.75, 3.05) is 25.0 Å². The second-order valence-electron chi connectivity index (χ2n) is 5.18. The van der Waals surface area contributed by atoms with Gasteiger partial charge in [0.25, 0.3) is 5.91 Å². The molecule has 0 aromatic carbocycles. The summed E-state index contributed by atoms with van der Waals surface area (Å²) in [4.78, 5) is 35.3. The maximum atomic E-state index is 11.7. The Hall–Kier alpha value is -2.44. The largest absolute Gasteiger partial charge is 0.341 e. The number of urea groups is 1. The second-order valence-corrected chi connectivity index (χ2v) is 5.18. The minimum absolute atomic E-state index is 0.295. The Bertz CT molecular complexity index is 607. The highest BCUT2D eigenvalue weighted by molar-refractivity contribution is 6.13. The van der Waals surface area contributed by atoms with E-state index in [9.17, 15) is 9.59 Å². The molecule has 110 valence electrons. The number of piperidine rings is 1. The topological polar surface area (TPSA) is 78.4 Å². The van der Waals surface area contributed by atoms with Gasteiger partial charge in [0.05, 0.1) is 5.69 Å². The van der Waals surface area contributed by atoms with Crippen molar-refractivity contribution in [1.82, 2.24) is 20.2 Å². The number of rotatable bonds is 2. The fraction of sp³-hybridized carbons (Fsp3) is 0.429. The van der Waals surface area contributed by atoms with Crippen LogP contribution in [0.3, 0.4) is 0 Å². The molecule has 7 nitrogen and oxygen atoms in total. The van der Waals surface area contributed by atoms with Crippen molar-refractivity contribution in [3.8, 4) is 0 Å². The minimum atomic E-state index is -0.420. The predicted molar refractivity (Wildman–Crippen MR) is 77.4 cm³/mol. The molecule has 0 spiro atoms. The van der Waals surface area contributed by atoms with Crippen molar-refractivity contribution in [2.45, 2.75) is 19.3 Å². The number of carbonyl (C=O) groups excluding carboxylic acids is 2. The van der Waals surface area contributed by atoms with E-state index in [4.69, 9.17) is 0 Å². The van der Waals surface area contributed by atoms with E-state index in [1.807, 2.05) is 0 Å². The lowest BCUT2D eigenvalue weighted by Crippen LogP contribution is -2.31. The molecular formula is C14H17N5O2. The summed E-state index contributed by atoms with van der Waals surface area (Å²) in [6, 6.07) is 1.31. The number of hydrogen-bond donors (Lipinski definition) is 1. The van der Waals surface area contributed by atoms with Crippen LogP contribution in [0.4, 0.5) is 10.7 Å². The first-order valence-corrected chi connectivity index (χ1v) is 7.04. The monoisotopic (exact) mass is 287 g/mol. The average Bonchev–Trinajstić information content (AvgIpc) is 2.75. The number of hydrogen-bond acceptors (Lipinski definition) is 5. The van der Waals surface area contributed by atoms with Crippen molar-refractivity contribution >= 4 is 24.0 Å². The van der Waals surface area contributed by atoms with E-state index in [1.165, 1.54) is 11.3 Å². The van der Waals surface area contributed by atoms with E-state index in [0.29, 0.717) is 17.3 Å². The Morgan fingerprint density at radius 1 is 1.24 bits per heavy atom. The molecule has 0 saturated carbocycles. The molecule has 3 amide bonds. The van der Waals surface area contributed by atoms with Crippen LogP contribution >= 0.6 is 0 Å². The predicted octanol–water partition coefficient (Wildman–Crippen LogP) is 0.989. The van der Waals surface area contributed by atoms with Gasteiger partial charge < -0.3 is 4.90 Å². The summed E-state index contributed by atoms with van der Waals surface area (Å²) in [5.41, 5.74) is 0.917. The van der Waals surface area contributed by atoms with Crippen molar-refractivity contribution in [3.05, 3.63) is 23.7 Å². The number of nitrogens with zero attached hydrogens (tertiary/aromatic N) is 4. The van der Waals surface area contributed by atoms with Crippen molar-refractivity contribution in [2.24, 2.45) is 0 Å². The first-order valence-electron chi connectivity index (χ1n) is 7.04. The molecule has 21 heavy (non-hydrogen) atoms. The van der Waals surface area contributed by atoms with E-state index >= 15 is 0 Å². The molecular weight excluding hydrogens is 270 g/mol. The third-order valence-corrected chi connectivity index (χ3v) is 3.71. The molecule has 2 aliphatic heterocycles. The quantitative estimate of drug-likeness (QED) is 0.648. The van der Waals surface area contributed by atoms with Gasteiger partial charge in [0.2, 0.25) is 5.95 Å². The number of anilines is 1. The molecule has 1 N–H and O–H groups in total. The number of amides is 3. The van der Waals surface area contributed by atoms with Crippen molar-refractivity contribution in [1.29, 1.82) is 0 Å². The summed E-state index contributed by atoms with van der Waals surface area (Å²) in [7, 11) is 1.55. The van der Waals surface area contributed by atoms with Gasteiger partial charge in [-0.25, -0.2) is 14.8 Å². The molecule has 0 radical (unpaired) electrons. The highest BCUT2D eigenvalue weighted by Crippen LogP contribution is 2.18. The van der Waals surface area contributed by atoms with Gasteiger partial charge in [-0.3, -0.25) is 15.0 Å². The van der Waals surface area contributed by atoms with Gasteiger partial charge in [-0.15, -0.1) is 0 Å². The van der Waals surface area contributed by atoms with Crippen LogP contribution in [0.25, 0.3) is 6.08 Å². The Labute approximate surface area is 122 Å². The van der Waals surface area contributed by atoms with Gasteiger partial charge in [0.15, 0.2) is 0 Å². The highest BCUT2D eigenvalue weighted by Gasteiger charge is 2.29. The number of aromatic nitrogens is 2. The van der Waals surface area contributed by atoms with Gasteiger partial charge in [0.1, 0.15) is 5.70 Å². The maximum absolute atomic E-state index is 11.7. The number of carbonyl (C=O) groups is 2. The summed E-state index contributed by atoms with van der Waals surface area (Å²) in [6.45, 7) is 1.91. The lowest BCUT2D eigenvalue weighted by Gasteiger charge is -2.26. The summed E-state index contributed by atoms with van der Waals surface area (Å²) >= 11 is 0. The molecule has 2 aliphatic rings. The summed E-state index contributed by atoms with van der Waals surface area (Å²) in [5.74, 6) is 0.275. The van der Waals surface area contributed by atoms with Crippen molar-refractivity contribution in [3.63, 3.8) is 0 Å². The van der Waals surface area contributed by atoms with Crippen LogP contribution in [0, 0.1) is 0 Å². The zero-order chi connectivity index (χ0) is 14.8. The van der Waals surface area contributed by atoms with Crippen LogP contribution in [-0.2, 0) is 4.79 Å². The molecule has 1 aromatic heterocycles. The SMILES string of the molecule is CN1C(=O)NC(=O)/C1=C\c1ccnc(N2CCCCC2)n1. The molecule has 2 saturated heterocycles. The summed E-state index contributed by atoms with van der Waals surface area (Å²) in [5, 5.41) is 2.24. The molecule has 0 unspecified atom stereocenters. The van der Waals surface area contributed by atoms with Gasteiger partial charge in [-0.05, 0) is 31.4 Å². The average molecular weight is 287 g/mol. The van der Waals surface area contributed by atoms with Gasteiger partial charge in [-0.2, -0.15) is 0 Å². The van der Waals surface area contributed by atoms with E-state index in [2.05, 4.69) is 20.2 Å². The molecule has 1 aromatic rings. The Kier molecular flexibility index (Phi) is 3.55. The molecule has 3 heterocycles. The minimum Gasteiger partial charge on any atom is -0.341 e. The lowest BCUT2D eigenvalue weighted by atomic mass is 10.1. The Morgan fingerprint density at radius 3 is 2.67 bits per heavy atom. The normalized spacial score (nSPS) is 21.1. The Balaban J connectivity index is 1.86. The number of imide groups is 1. The third kappa shape index (κ3) is 2.72. The van der Waals surface area contributed by atoms with Crippen LogP contribution in [0.1, 0.15) is 25.0 Å². The third-order valence-electron chi connectivity index (χ3n) is 3.71.